The molecule has 0 amide bonds. The summed E-state index contributed by atoms with van der Waals surface area (Å²) in [6, 6.07) is 6.72. The van der Waals surface area contributed by atoms with Crippen LogP contribution < -0.4 is 5.56 Å². The average molecular weight is 423 g/mol. The molecule has 0 bridgehead atoms. The molecule has 0 aliphatic rings. The van der Waals surface area contributed by atoms with Crippen LogP contribution in [0.1, 0.15) is 22.5 Å². The minimum Gasteiger partial charge on any atom is -0.463 e. The number of methoxy groups -OCH3 is 2. The van der Waals surface area contributed by atoms with E-state index in [9.17, 15) is 9.59 Å². The van der Waals surface area contributed by atoms with E-state index >= 15 is 0 Å². The highest BCUT2D eigenvalue weighted by molar-refractivity contribution is 7.98. The van der Waals surface area contributed by atoms with E-state index in [1.54, 1.807) is 35.9 Å². The van der Waals surface area contributed by atoms with Gasteiger partial charge in [0.25, 0.3) is 5.56 Å². The van der Waals surface area contributed by atoms with Crippen molar-refractivity contribution in [3.05, 3.63) is 57.2 Å². The summed E-state index contributed by atoms with van der Waals surface area (Å²) in [4.78, 5) is 29.4. The molecule has 0 saturated heterocycles. The van der Waals surface area contributed by atoms with Crippen molar-refractivity contribution in [2.24, 2.45) is 0 Å². The van der Waals surface area contributed by atoms with Gasteiger partial charge >= 0.3 is 5.97 Å². The van der Waals surface area contributed by atoms with Crippen molar-refractivity contribution in [3.63, 3.8) is 0 Å². The first-order valence-corrected chi connectivity index (χ1v) is 9.88. The summed E-state index contributed by atoms with van der Waals surface area (Å²) in [5, 5.41) is 1.55. The number of aromatic nitrogens is 2. The lowest BCUT2D eigenvalue weighted by Crippen LogP contribution is -2.24. The fourth-order valence-electron chi connectivity index (χ4n) is 2.71. The zero-order valence-corrected chi connectivity index (χ0v) is 17.0. The normalized spacial score (nSPS) is 11.1. The highest BCUT2D eigenvalue weighted by atomic mass is 35.5. The van der Waals surface area contributed by atoms with Gasteiger partial charge < -0.3 is 13.9 Å². The molecule has 148 valence electrons. The Bertz CT molecular complexity index is 1050. The monoisotopic (exact) mass is 422 g/mol. The van der Waals surface area contributed by atoms with E-state index in [4.69, 9.17) is 25.5 Å². The van der Waals surface area contributed by atoms with Crippen LogP contribution in [0.3, 0.4) is 0 Å². The number of rotatable bonds is 8. The van der Waals surface area contributed by atoms with Gasteiger partial charge in [-0.15, -0.1) is 0 Å². The van der Waals surface area contributed by atoms with Crippen molar-refractivity contribution in [1.82, 2.24) is 9.55 Å². The molecule has 0 unspecified atom stereocenters. The van der Waals surface area contributed by atoms with E-state index in [0.717, 1.165) is 0 Å². The maximum atomic E-state index is 13.0. The minimum absolute atomic E-state index is 0.138. The number of nitrogens with zero attached hydrogens (tertiary/aromatic N) is 2. The molecule has 3 rings (SSSR count). The van der Waals surface area contributed by atoms with Crippen molar-refractivity contribution >= 4 is 40.2 Å². The molecule has 0 spiro atoms. The molecular weight excluding hydrogens is 404 g/mol. The SMILES string of the molecule is COCCCn1c(SCc2ccoc2C(=O)OC)nc2cc(Cl)ccc2c1=O. The summed E-state index contributed by atoms with van der Waals surface area (Å²) in [6.45, 7) is 0.999. The van der Waals surface area contributed by atoms with Gasteiger partial charge in [-0.2, -0.15) is 0 Å². The van der Waals surface area contributed by atoms with Crippen LogP contribution in [-0.2, 0) is 21.8 Å². The molecule has 0 saturated carbocycles. The lowest BCUT2D eigenvalue weighted by molar-refractivity contribution is 0.0564. The summed E-state index contributed by atoms with van der Waals surface area (Å²) >= 11 is 7.40. The number of halogens is 1. The van der Waals surface area contributed by atoms with Crippen molar-refractivity contribution in [2.75, 3.05) is 20.8 Å². The van der Waals surface area contributed by atoms with Crippen molar-refractivity contribution in [3.8, 4) is 0 Å². The average Bonchev–Trinajstić information content (AvgIpc) is 3.16. The molecule has 0 N–H and O–H groups in total. The van der Waals surface area contributed by atoms with Gasteiger partial charge in [-0.05, 0) is 30.7 Å². The van der Waals surface area contributed by atoms with E-state index in [2.05, 4.69) is 4.98 Å². The number of ether oxygens (including phenoxy) is 2. The van der Waals surface area contributed by atoms with Crippen LogP contribution in [0.15, 0.2) is 44.9 Å². The number of thioether (sulfide) groups is 1. The summed E-state index contributed by atoms with van der Waals surface area (Å²) in [5.74, 6) is -0.00700. The molecule has 1 aromatic carbocycles. The Hall–Kier alpha value is -2.29. The van der Waals surface area contributed by atoms with E-state index in [0.29, 0.717) is 52.0 Å². The number of fused-ring (bicyclic) bond motifs is 1. The van der Waals surface area contributed by atoms with Gasteiger partial charge in [0.05, 0.1) is 24.3 Å². The molecule has 2 aromatic heterocycles. The van der Waals surface area contributed by atoms with E-state index in [1.165, 1.54) is 25.1 Å². The van der Waals surface area contributed by atoms with Crippen LogP contribution in [-0.4, -0.2) is 36.3 Å². The fourth-order valence-corrected chi connectivity index (χ4v) is 3.88. The Balaban J connectivity index is 1.96. The molecule has 0 radical (unpaired) electrons. The van der Waals surface area contributed by atoms with E-state index in [1.807, 2.05) is 0 Å². The second-order valence-corrected chi connectivity index (χ2v) is 7.29. The largest absolute Gasteiger partial charge is 0.463 e. The third-order valence-corrected chi connectivity index (χ3v) is 5.35. The van der Waals surface area contributed by atoms with Gasteiger partial charge in [-0.3, -0.25) is 9.36 Å². The first-order chi connectivity index (χ1) is 13.5. The lowest BCUT2D eigenvalue weighted by atomic mass is 10.2. The molecule has 9 heteroatoms. The van der Waals surface area contributed by atoms with Gasteiger partial charge in [0, 0.05) is 36.6 Å². The Labute approximate surface area is 170 Å². The van der Waals surface area contributed by atoms with Crippen LogP contribution >= 0.6 is 23.4 Å². The lowest BCUT2D eigenvalue weighted by Gasteiger charge is -2.13. The van der Waals surface area contributed by atoms with E-state index in [-0.39, 0.29) is 11.3 Å². The standard InChI is InChI=1S/C19H19ClN2O5S/c1-25-8-3-7-22-17(23)14-5-4-13(20)10-15(14)21-19(22)28-11-12-6-9-27-16(12)18(24)26-2/h4-6,9-10H,3,7-8,11H2,1-2H3. The molecule has 2 heterocycles. The summed E-state index contributed by atoms with van der Waals surface area (Å²) < 4.78 is 16.7. The number of carbonyl (C=O) groups excluding carboxylic acids is 1. The molecule has 0 atom stereocenters. The van der Waals surface area contributed by atoms with Gasteiger partial charge in [-0.1, -0.05) is 23.4 Å². The Morgan fingerprint density at radius 3 is 2.89 bits per heavy atom. The predicted molar refractivity (Wildman–Crippen MR) is 107 cm³/mol. The summed E-state index contributed by atoms with van der Waals surface area (Å²) in [7, 11) is 2.91. The fraction of sp³-hybridized carbons (Fsp3) is 0.316. The maximum Gasteiger partial charge on any atom is 0.374 e. The molecule has 3 aromatic rings. The summed E-state index contributed by atoms with van der Waals surface area (Å²) in [6.07, 6.45) is 2.10. The highest BCUT2D eigenvalue weighted by Gasteiger charge is 2.18. The van der Waals surface area contributed by atoms with Gasteiger partial charge in [-0.25, -0.2) is 9.78 Å². The van der Waals surface area contributed by atoms with Crippen molar-refractivity contribution < 1.29 is 18.7 Å². The zero-order valence-electron chi connectivity index (χ0n) is 15.4. The Morgan fingerprint density at radius 2 is 2.14 bits per heavy atom. The second-order valence-electron chi connectivity index (χ2n) is 5.91. The molecule has 0 aliphatic heterocycles. The van der Waals surface area contributed by atoms with Crippen molar-refractivity contribution in [2.45, 2.75) is 23.9 Å². The Kier molecular flexibility index (Phi) is 6.77. The third-order valence-electron chi connectivity index (χ3n) is 4.09. The summed E-state index contributed by atoms with van der Waals surface area (Å²) in [5.41, 5.74) is 1.06. The van der Waals surface area contributed by atoms with Crippen LogP contribution in [0.4, 0.5) is 0 Å². The Morgan fingerprint density at radius 1 is 1.32 bits per heavy atom. The van der Waals surface area contributed by atoms with Crippen LogP contribution in [0.25, 0.3) is 10.9 Å². The molecule has 28 heavy (non-hydrogen) atoms. The topological polar surface area (TPSA) is 83.6 Å². The van der Waals surface area contributed by atoms with Crippen molar-refractivity contribution in [1.29, 1.82) is 0 Å². The predicted octanol–water partition coefficient (Wildman–Crippen LogP) is 3.76. The number of benzene rings is 1. The third kappa shape index (κ3) is 4.40. The molecule has 0 fully saturated rings. The maximum absolute atomic E-state index is 13.0. The smallest absolute Gasteiger partial charge is 0.374 e. The quantitative estimate of drug-likeness (QED) is 0.236. The number of hydrogen-bond donors (Lipinski definition) is 0. The second kappa shape index (κ2) is 9.27. The number of furan rings is 1. The van der Waals surface area contributed by atoms with Crippen LogP contribution in [0.5, 0.6) is 0 Å². The van der Waals surface area contributed by atoms with Gasteiger partial charge in [0.1, 0.15) is 0 Å². The van der Waals surface area contributed by atoms with Crippen LogP contribution in [0, 0.1) is 0 Å². The first kappa shape index (κ1) is 20.4. The van der Waals surface area contributed by atoms with Gasteiger partial charge in [0.15, 0.2) is 5.16 Å². The van der Waals surface area contributed by atoms with Crippen LogP contribution in [0.2, 0.25) is 5.02 Å². The number of esters is 1. The number of carbonyl (C=O) groups is 1. The molecule has 7 nitrogen and oxygen atoms in total. The zero-order chi connectivity index (χ0) is 20.1. The van der Waals surface area contributed by atoms with E-state index < -0.39 is 5.97 Å². The minimum atomic E-state index is -0.545. The number of hydrogen-bond acceptors (Lipinski definition) is 7. The first-order valence-electron chi connectivity index (χ1n) is 8.51. The highest BCUT2D eigenvalue weighted by Crippen LogP contribution is 2.26. The molecule has 0 aliphatic carbocycles. The molecular formula is C19H19ClN2O5S. The van der Waals surface area contributed by atoms with Gasteiger partial charge in [0.2, 0.25) is 5.76 Å².